The number of hydrogen-bond acceptors (Lipinski definition) is 10. The number of carbonyl (C=O) groups is 1. The molecule has 3 aliphatic rings. The summed E-state index contributed by atoms with van der Waals surface area (Å²) in [7, 11) is 1.59. The van der Waals surface area contributed by atoms with Gasteiger partial charge in [-0.05, 0) is 98.1 Å². The van der Waals surface area contributed by atoms with Crippen LogP contribution in [0.25, 0.3) is 0 Å². The van der Waals surface area contributed by atoms with Crippen LogP contribution in [0.3, 0.4) is 0 Å². The number of aromatic nitrogens is 1. The van der Waals surface area contributed by atoms with Gasteiger partial charge in [0.1, 0.15) is 18.6 Å². The van der Waals surface area contributed by atoms with E-state index in [1.807, 2.05) is 55.3 Å². The molecule has 2 aliphatic carbocycles. The van der Waals surface area contributed by atoms with Gasteiger partial charge in [-0.2, -0.15) is 11.8 Å². The van der Waals surface area contributed by atoms with E-state index < -0.39 is 11.9 Å². The van der Waals surface area contributed by atoms with E-state index in [0.717, 1.165) is 61.1 Å². The number of fused-ring (bicyclic) bond motifs is 2. The van der Waals surface area contributed by atoms with Crippen molar-refractivity contribution in [3.05, 3.63) is 78.2 Å². The molecule has 1 fully saturated rings. The molecular weight excluding hydrogens is 642 g/mol. The number of allylic oxidation sites excluding steroid dienone is 1. The Morgan fingerprint density at radius 3 is 2.65 bits per heavy atom. The number of nitrogens with one attached hydrogen (secondary N) is 1. The quantitative estimate of drug-likeness (QED) is 0.0919. The van der Waals surface area contributed by atoms with Crippen molar-refractivity contribution in [3.63, 3.8) is 0 Å². The molecule has 3 N–H and O–H groups in total. The van der Waals surface area contributed by atoms with Crippen molar-refractivity contribution in [2.24, 2.45) is 22.9 Å². The molecule has 10 nitrogen and oxygen atoms in total. The van der Waals surface area contributed by atoms with Crippen molar-refractivity contribution in [2.75, 3.05) is 39.2 Å². The molecule has 0 radical (unpaired) electrons. The summed E-state index contributed by atoms with van der Waals surface area (Å²) in [6, 6.07) is 9.72. The molecule has 0 unspecified atom stereocenters. The molecule has 1 aromatic carbocycles. The van der Waals surface area contributed by atoms with Crippen LogP contribution in [0.2, 0.25) is 0 Å². The van der Waals surface area contributed by atoms with Crippen LogP contribution in [0.4, 0.5) is 4.79 Å². The second-order valence-electron chi connectivity index (χ2n) is 12.8. The lowest BCUT2D eigenvalue weighted by Gasteiger charge is -2.58. The number of aliphatic hydroxyl groups is 2. The summed E-state index contributed by atoms with van der Waals surface area (Å²) in [6.07, 6.45) is 13.7. The van der Waals surface area contributed by atoms with Gasteiger partial charge in [0.2, 0.25) is 5.79 Å². The summed E-state index contributed by atoms with van der Waals surface area (Å²) in [5.74, 6) is 0.976. The molecule has 1 aromatic heterocycles. The number of amides is 1. The predicted molar refractivity (Wildman–Crippen MR) is 192 cm³/mol. The summed E-state index contributed by atoms with van der Waals surface area (Å²) in [4.78, 5) is 22.2. The lowest BCUT2D eigenvalue weighted by Crippen LogP contribution is -2.64. The van der Waals surface area contributed by atoms with Gasteiger partial charge in [-0.25, -0.2) is 4.79 Å². The normalized spacial score (nSPS) is 26.2. The maximum absolute atomic E-state index is 12.5. The van der Waals surface area contributed by atoms with Crippen molar-refractivity contribution in [1.82, 2.24) is 10.3 Å². The number of unbranched alkanes of at least 4 members (excludes halogenated alkanes) is 2. The molecule has 11 heteroatoms. The number of thioether (sulfide) groups is 1. The topological polar surface area (TPSA) is 132 Å². The SMILES string of the molecule is C=CCO[C@@]12Oc3ccc(OC(=O)NCC)cc3[C@H]3[C@H](CCCCO)[C@@H](CCCCO)C=C(C(=NOC)C[C@@H]1SCCc1ccncc1)[C@H]32. The number of aliphatic hydroxyl groups excluding tert-OH is 2. The van der Waals surface area contributed by atoms with E-state index >= 15 is 0 Å². The molecular formula is C38H51N3O7S. The zero-order valence-corrected chi connectivity index (χ0v) is 29.5. The van der Waals surface area contributed by atoms with E-state index in [1.165, 1.54) is 5.56 Å². The van der Waals surface area contributed by atoms with Gasteiger partial charge in [0, 0.05) is 50.1 Å². The Bertz CT molecular complexity index is 1450. The van der Waals surface area contributed by atoms with Gasteiger partial charge < -0.3 is 34.6 Å². The van der Waals surface area contributed by atoms with Crippen molar-refractivity contribution in [2.45, 2.75) is 75.2 Å². The minimum Gasteiger partial charge on any atom is -0.460 e. The van der Waals surface area contributed by atoms with Crippen molar-refractivity contribution >= 4 is 23.6 Å². The number of oxime groups is 1. The lowest BCUT2D eigenvalue weighted by atomic mass is 9.56. The Balaban J connectivity index is 1.66. The van der Waals surface area contributed by atoms with Crippen LogP contribution in [-0.4, -0.2) is 77.3 Å². The number of nitrogens with zero attached hydrogens (tertiary/aromatic N) is 2. The van der Waals surface area contributed by atoms with E-state index in [4.69, 9.17) is 19.0 Å². The Labute approximate surface area is 294 Å². The molecule has 6 atom stereocenters. The monoisotopic (exact) mass is 693 g/mol. The van der Waals surface area contributed by atoms with Gasteiger partial charge in [-0.1, -0.05) is 30.1 Å². The lowest BCUT2D eigenvalue weighted by molar-refractivity contribution is -0.223. The molecule has 0 bridgehead atoms. The Kier molecular flexibility index (Phi) is 13.6. The highest BCUT2D eigenvalue weighted by Crippen LogP contribution is 2.62. The first-order valence-corrected chi connectivity index (χ1v) is 18.6. The molecule has 2 aromatic rings. The van der Waals surface area contributed by atoms with Crippen LogP contribution >= 0.6 is 11.8 Å². The number of carbonyl (C=O) groups excluding carboxylic acids is 1. The zero-order valence-electron chi connectivity index (χ0n) is 28.7. The highest BCUT2D eigenvalue weighted by molar-refractivity contribution is 8.00. The number of ether oxygens (including phenoxy) is 3. The maximum atomic E-state index is 12.5. The Hall–Kier alpha value is -3.38. The van der Waals surface area contributed by atoms with Crippen molar-refractivity contribution in [1.29, 1.82) is 0 Å². The van der Waals surface area contributed by atoms with Crippen molar-refractivity contribution < 1.29 is 34.1 Å². The van der Waals surface area contributed by atoms with Crippen LogP contribution < -0.4 is 14.8 Å². The zero-order chi connectivity index (χ0) is 34.6. The highest BCUT2D eigenvalue weighted by Gasteiger charge is 2.63. The molecule has 2 heterocycles. The Morgan fingerprint density at radius 2 is 1.94 bits per heavy atom. The minimum absolute atomic E-state index is 0.0742. The number of hydrogen-bond donors (Lipinski definition) is 3. The van der Waals surface area contributed by atoms with Crippen LogP contribution in [0, 0.1) is 17.8 Å². The number of rotatable bonds is 18. The largest absolute Gasteiger partial charge is 0.460 e. The first-order valence-electron chi connectivity index (χ1n) is 17.6. The van der Waals surface area contributed by atoms with E-state index in [9.17, 15) is 15.0 Å². The summed E-state index contributed by atoms with van der Waals surface area (Å²) in [6.45, 7) is 6.88. The first-order chi connectivity index (χ1) is 24.0. The van der Waals surface area contributed by atoms with Crippen molar-refractivity contribution in [3.8, 4) is 11.5 Å². The molecule has 1 saturated carbocycles. The third-order valence-corrected chi connectivity index (χ3v) is 11.2. The molecule has 0 saturated heterocycles. The van der Waals surface area contributed by atoms with Crippen LogP contribution in [-0.2, 0) is 16.0 Å². The fourth-order valence-electron chi connectivity index (χ4n) is 7.81. The third-order valence-electron chi connectivity index (χ3n) is 9.81. The number of pyridine rings is 1. The average molecular weight is 694 g/mol. The molecule has 49 heavy (non-hydrogen) atoms. The summed E-state index contributed by atoms with van der Waals surface area (Å²) < 4.78 is 19.8. The van der Waals surface area contributed by atoms with Crippen LogP contribution in [0.15, 0.2) is 72.2 Å². The second-order valence-corrected chi connectivity index (χ2v) is 14.1. The first kappa shape index (κ1) is 36.9. The van der Waals surface area contributed by atoms with Gasteiger partial charge in [0.25, 0.3) is 0 Å². The second kappa shape index (κ2) is 18.0. The fraction of sp³-hybridized carbons (Fsp3) is 0.553. The van der Waals surface area contributed by atoms with E-state index in [2.05, 4.69) is 28.1 Å². The average Bonchev–Trinajstić information content (AvgIpc) is 3.10. The van der Waals surface area contributed by atoms with Gasteiger partial charge in [-0.15, -0.1) is 6.58 Å². The molecule has 1 amide bonds. The van der Waals surface area contributed by atoms with Gasteiger partial charge in [-0.3, -0.25) is 4.98 Å². The van der Waals surface area contributed by atoms with Crippen LogP contribution in [0.5, 0.6) is 11.5 Å². The minimum atomic E-state index is -1.04. The Morgan fingerprint density at radius 1 is 1.16 bits per heavy atom. The van der Waals surface area contributed by atoms with E-state index in [-0.39, 0.29) is 42.1 Å². The third kappa shape index (κ3) is 8.51. The van der Waals surface area contributed by atoms with E-state index in [1.54, 1.807) is 19.3 Å². The molecule has 0 spiro atoms. The van der Waals surface area contributed by atoms with Crippen LogP contribution in [0.1, 0.15) is 68.9 Å². The maximum Gasteiger partial charge on any atom is 0.412 e. The summed E-state index contributed by atoms with van der Waals surface area (Å²) in [5.41, 5.74) is 4.13. The smallest absolute Gasteiger partial charge is 0.412 e. The molecule has 1 aliphatic heterocycles. The van der Waals surface area contributed by atoms with E-state index in [0.29, 0.717) is 37.5 Å². The predicted octanol–water partition coefficient (Wildman–Crippen LogP) is 6.43. The van der Waals surface area contributed by atoms with Gasteiger partial charge >= 0.3 is 6.09 Å². The highest BCUT2D eigenvalue weighted by atomic mass is 32.2. The number of benzene rings is 1. The summed E-state index contributed by atoms with van der Waals surface area (Å²) in [5, 5.41) is 26.7. The number of aryl methyl sites for hydroxylation is 1. The summed E-state index contributed by atoms with van der Waals surface area (Å²) >= 11 is 1.82. The fourth-order valence-corrected chi connectivity index (χ4v) is 9.21. The standard InChI is InChI=1S/C38H51N3O7S/c1-4-21-46-38-34(49-22-16-26-14-17-39-18-15-26)25-32(41-45-3)30-23-27(10-6-8-19-42)29(11-7-9-20-43)35(36(30)38)31-24-28(12-13-33(31)48-38)47-37(44)40-5-2/h4,12-15,17-18,23-24,27,29,34-36,42-43H,1,5-11,16,19-22,25H2,2-3H3,(H,40,44)/t27-,29+,34-,35+,36+,38+/m0/s1. The molecule has 266 valence electrons. The van der Waals surface area contributed by atoms with Gasteiger partial charge in [0.15, 0.2) is 0 Å². The molecule has 5 rings (SSSR count). The van der Waals surface area contributed by atoms with Gasteiger partial charge in [0.05, 0.1) is 23.5 Å².